The third-order valence-electron chi connectivity index (χ3n) is 3.21. The number of likely N-dealkylation sites (tertiary alicyclic amines) is 1. The number of hydrogen-bond acceptors (Lipinski definition) is 3. The Kier molecular flexibility index (Phi) is 8.80. The van der Waals surface area contributed by atoms with Crippen molar-refractivity contribution in [1.82, 2.24) is 14.7 Å². The van der Waals surface area contributed by atoms with Crippen LogP contribution in [-0.4, -0.2) is 39.7 Å². The number of aryl methyl sites for hydroxylation is 1. The molecule has 2 heterocycles. The number of hydrogen-bond donors (Lipinski definition) is 1. The Hall–Kier alpha value is -0.780. The molecule has 0 spiro atoms. The monoisotopic (exact) mass is 308 g/mol. The Bertz CT molecular complexity index is 353. The van der Waals surface area contributed by atoms with Crippen LogP contribution in [0.15, 0.2) is 18.5 Å². The number of aromatic nitrogens is 2. The van der Waals surface area contributed by atoms with Gasteiger partial charge in [-0.3, -0.25) is 9.48 Å². The zero-order chi connectivity index (χ0) is 12.1. The first kappa shape index (κ1) is 18.2. The van der Waals surface area contributed by atoms with Gasteiger partial charge < -0.3 is 10.6 Å². The number of rotatable bonds is 4. The van der Waals surface area contributed by atoms with Gasteiger partial charge in [0.25, 0.3) is 0 Å². The second kappa shape index (κ2) is 9.18. The molecule has 2 N–H and O–H groups in total. The van der Waals surface area contributed by atoms with Gasteiger partial charge in [-0.15, -0.1) is 24.8 Å². The van der Waals surface area contributed by atoms with E-state index in [1.807, 2.05) is 21.8 Å². The number of amides is 1. The zero-order valence-corrected chi connectivity index (χ0v) is 12.5. The van der Waals surface area contributed by atoms with Crippen LogP contribution in [0.4, 0.5) is 0 Å². The first-order valence-electron chi connectivity index (χ1n) is 6.29. The van der Waals surface area contributed by atoms with Gasteiger partial charge >= 0.3 is 0 Å². The Morgan fingerprint density at radius 3 is 2.53 bits per heavy atom. The van der Waals surface area contributed by atoms with E-state index in [9.17, 15) is 4.79 Å². The van der Waals surface area contributed by atoms with E-state index in [1.54, 1.807) is 6.20 Å². The van der Waals surface area contributed by atoms with Crippen LogP contribution in [0, 0.1) is 0 Å². The fourth-order valence-electron chi connectivity index (χ4n) is 2.18. The van der Waals surface area contributed by atoms with Crippen LogP contribution in [0.1, 0.15) is 25.7 Å². The zero-order valence-electron chi connectivity index (χ0n) is 10.9. The minimum Gasteiger partial charge on any atom is -0.341 e. The van der Waals surface area contributed by atoms with Crippen molar-refractivity contribution in [3.8, 4) is 0 Å². The molecular formula is C12H22Cl2N4O. The van der Waals surface area contributed by atoms with Gasteiger partial charge in [0.1, 0.15) is 0 Å². The van der Waals surface area contributed by atoms with E-state index in [1.165, 1.54) is 6.42 Å². The van der Waals surface area contributed by atoms with E-state index < -0.39 is 6.04 Å². The van der Waals surface area contributed by atoms with Crippen molar-refractivity contribution in [2.75, 3.05) is 13.1 Å². The van der Waals surface area contributed by atoms with E-state index in [0.717, 1.165) is 25.9 Å². The molecule has 1 fully saturated rings. The molecule has 1 aliphatic rings. The van der Waals surface area contributed by atoms with Crippen molar-refractivity contribution in [3.63, 3.8) is 0 Å². The topological polar surface area (TPSA) is 64.2 Å². The van der Waals surface area contributed by atoms with Crippen LogP contribution in [0.5, 0.6) is 0 Å². The first-order chi connectivity index (χ1) is 8.27. The van der Waals surface area contributed by atoms with Gasteiger partial charge in [-0.05, 0) is 31.7 Å². The number of nitrogens with two attached hydrogens (primary N) is 1. The molecule has 5 nitrogen and oxygen atoms in total. The van der Waals surface area contributed by atoms with Crippen molar-refractivity contribution >= 4 is 30.7 Å². The minimum atomic E-state index is -0.391. The molecule has 0 aliphatic carbocycles. The molecule has 110 valence electrons. The summed E-state index contributed by atoms with van der Waals surface area (Å²) in [5.41, 5.74) is 5.93. The highest BCUT2D eigenvalue weighted by molar-refractivity contribution is 5.85. The van der Waals surface area contributed by atoms with Crippen molar-refractivity contribution in [1.29, 1.82) is 0 Å². The number of halogens is 2. The maximum absolute atomic E-state index is 12.0. The highest BCUT2D eigenvalue weighted by atomic mass is 35.5. The van der Waals surface area contributed by atoms with E-state index in [0.29, 0.717) is 13.0 Å². The van der Waals surface area contributed by atoms with E-state index >= 15 is 0 Å². The summed E-state index contributed by atoms with van der Waals surface area (Å²) >= 11 is 0. The van der Waals surface area contributed by atoms with Crippen LogP contribution < -0.4 is 5.73 Å². The van der Waals surface area contributed by atoms with E-state index in [4.69, 9.17) is 5.73 Å². The summed E-state index contributed by atoms with van der Waals surface area (Å²) in [5, 5.41) is 4.10. The van der Waals surface area contributed by atoms with Crippen LogP contribution in [0.3, 0.4) is 0 Å². The van der Waals surface area contributed by atoms with Gasteiger partial charge in [0.15, 0.2) is 0 Å². The second-order valence-electron chi connectivity index (χ2n) is 4.55. The molecule has 1 atom stereocenters. The summed E-state index contributed by atoms with van der Waals surface area (Å²) in [7, 11) is 0. The highest BCUT2D eigenvalue weighted by Crippen LogP contribution is 2.10. The van der Waals surface area contributed by atoms with Crippen LogP contribution in [-0.2, 0) is 11.3 Å². The second-order valence-corrected chi connectivity index (χ2v) is 4.55. The molecule has 1 aliphatic heterocycles. The first-order valence-corrected chi connectivity index (χ1v) is 6.29. The molecular weight excluding hydrogens is 287 g/mol. The van der Waals surface area contributed by atoms with Crippen LogP contribution in [0.25, 0.3) is 0 Å². The highest BCUT2D eigenvalue weighted by Gasteiger charge is 2.22. The lowest BCUT2D eigenvalue weighted by molar-refractivity contribution is -0.133. The Morgan fingerprint density at radius 1 is 1.26 bits per heavy atom. The SMILES string of the molecule is Cl.Cl.NC(CCn1cccn1)C(=O)N1CCCCC1. The number of carbonyl (C=O) groups excluding carboxylic acids is 1. The molecule has 7 heteroatoms. The predicted molar refractivity (Wildman–Crippen MR) is 79.7 cm³/mol. The molecule has 1 amide bonds. The molecule has 0 saturated carbocycles. The molecule has 1 unspecified atom stereocenters. The molecule has 1 aromatic rings. The van der Waals surface area contributed by atoms with E-state index in [2.05, 4.69) is 5.10 Å². The average Bonchev–Trinajstić information content (AvgIpc) is 2.89. The fraction of sp³-hybridized carbons (Fsp3) is 0.667. The average molecular weight is 309 g/mol. The number of carbonyl (C=O) groups is 1. The van der Waals surface area contributed by atoms with Gasteiger partial charge in [0, 0.05) is 32.0 Å². The lowest BCUT2D eigenvalue weighted by atomic mass is 10.1. The fourth-order valence-corrected chi connectivity index (χ4v) is 2.18. The Balaban J connectivity index is 0.00000162. The molecule has 0 bridgehead atoms. The summed E-state index contributed by atoms with van der Waals surface area (Å²) in [6, 6.07) is 1.48. The van der Waals surface area contributed by atoms with E-state index in [-0.39, 0.29) is 30.7 Å². The Morgan fingerprint density at radius 2 is 1.95 bits per heavy atom. The quantitative estimate of drug-likeness (QED) is 0.916. The molecule has 19 heavy (non-hydrogen) atoms. The Labute approximate surface area is 126 Å². The van der Waals surface area contributed by atoms with Crippen molar-refractivity contribution in [2.45, 2.75) is 38.3 Å². The maximum atomic E-state index is 12.0. The van der Waals surface area contributed by atoms with Crippen molar-refractivity contribution < 1.29 is 4.79 Å². The van der Waals surface area contributed by atoms with Crippen LogP contribution >= 0.6 is 24.8 Å². The summed E-state index contributed by atoms with van der Waals surface area (Å²) in [4.78, 5) is 13.9. The normalized spacial score (nSPS) is 16.2. The third-order valence-corrected chi connectivity index (χ3v) is 3.21. The molecule has 1 aromatic heterocycles. The largest absolute Gasteiger partial charge is 0.341 e. The summed E-state index contributed by atoms with van der Waals surface area (Å²) < 4.78 is 1.81. The lowest BCUT2D eigenvalue weighted by Gasteiger charge is -2.29. The van der Waals surface area contributed by atoms with Gasteiger partial charge in [-0.2, -0.15) is 5.10 Å². The van der Waals surface area contributed by atoms with Gasteiger partial charge in [0.05, 0.1) is 6.04 Å². The van der Waals surface area contributed by atoms with Crippen molar-refractivity contribution in [3.05, 3.63) is 18.5 Å². The van der Waals surface area contributed by atoms with Gasteiger partial charge in [-0.25, -0.2) is 0 Å². The van der Waals surface area contributed by atoms with Gasteiger partial charge in [-0.1, -0.05) is 0 Å². The van der Waals surface area contributed by atoms with Gasteiger partial charge in [0.2, 0.25) is 5.91 Å². The molecule has 1 saturated heterocycles. The summed E-state index contributed by atoms with van der Waals surface area (Å²) in [5.74, 6) is 0.0943. The smallest absolute Gasteiger partial charge is 0.239 e. The molecule has 0 radical (unpaired) electrons. The predicted octanol–water partition coefficient (Wildman–Crippen LogP) is 1.46. The van der Waals surface area contributed by atoms with Crippen LogP contribution in [0.2, 0.25) is 0 Å². The third kappa shape index (κ3) is 5.38. The standard InChI is InChI=1S/C12H20N4O.2ClH/c13-11(5-10-16-9-4-6-14-16)12(17)15-7-2-1-3-8-15;;/h4,6,9,11H,1-3,5,7-8,10,13H2;2*1H. The van der Waals surface area contributed by atoms with Crippen molar-refractivity contribution in [2.24, 2.45) is 5.73 Å². The minimum absolute atomic E-state index is 0. The molecule has 2 rings (SSSR count). The number of piperidine rings is 1. The maximum Gasteiger partial charge on any atom is 0.239 e. The summed E-state index contributed by atoms with van der Waals surface area (Å²) in [6.07, 6.45) is 7.72. The lowest BCUT2D eigenvalue weighted by Crippen LogP contribution is -2.46. The molecule has 0 aromatic carbocycles. The number of nitrogens with zero attached hydrogens (tertiary/aromatic N) is 3. The summed E-state index contributed by atoms with van der Waals surface area (Å²) in [6.45, 7) is 2.44.